The number of unbranched alkanes of at least 4 members (excludes halogenated alkanes) is 18. The van der Waals surface area contributed by atoms with E-state index in [-0.39, 0.29) is 168 Å². The second-order valence-corrected chi connectivity index (χ2v) is 28.9. The van der Waals surface area contributed by atoms with Gasteiger partial charge in [0.15, 0.2) is 0 Å². The number of quaternary nitrogens is 2. The number of benzene rings is 5. The van der Waals surface area contributed by atoms with Crippen molar-refractivity contribution in [3.63, 3.8) is 0 Å². The highest BCUT2D eigenvalue weighted by Gasteiger charge is 2.53. The van der Waals surface area contributed by atoms with Gasteiger partial charge in [-0.3, -0.25) is 19.8 Å². The quantitative estimate of drug-likeness (QED) is 0.0104. The zero-order valence-electron chi connectivity index (χ0n) is 52.6. The molecule has 14 nitrogen and oxygen atoms in total. The van der Waals surface area contributed by atoms with Crippen LogP contribution in [0.1, 0.15) is 191 Å². The lowest BCUT2D eigenvalue weighted by Crippen LogP contribution is -2.54. The minimum Gasteiger partial charge on any atom is -0.339 e. The second-order valence-electron chi connectivity index (χ2n) is 24.3. The summed E-state index contributed by atoms with van der Waals surface area (Å²) in [6.07, 6.45) is 21.1. The van der Waals surface area contributed by atoms with E-state index in [9.17, 15) is 19.2 Å². The van der Waals surface area contributed by atoms with E-state index in [4.69, 9.17) is 139 Å². The molecule has 0 atom stereocenters. The molecule has 95 heavy (non-hydrogen) atoms. The summed E-state index contributed by atoms with van der Waals surface area (Å²) in [6.45, 7) is 4.82. The third kappa shape index (κ3) is 15.7. The van der Waals surface area contributed by atoms with Gasteiger partial charge in [-0.2, -0.15) is 8.97 Å². The van der Waals surface area contributed by atoms with Gasteiger partial charge in [0.25, 0.3) is 11.1 Å². The lowest BCUT2D eigenvalue weighted by atomic mass is 9.86. The van der Waals surface area contributed by atoms with E-state index in [0.717, 1.165) is 73.6 Å². The van der Waals surface area contributed by atoms with E-state index >= 15 is 9.59 Å². The molecule has 0 saturated carbocycles. The summed E-state index contributed by atoms with van der Waals surface area (Å²) in [5, 5.41) is 10.5. The van der Waals surface area contributed by atoms with Crippen molar-refractivity contribution in [2.75, 3.05) is 23.7 Å². The van der Waals surface area contributed by atoms with Gasteiger partial charge in [0.1, 0.15) is 34.4 Å². The van der Waals surface area contributed by atoms with Gasteiger partial charge in [-0.05, 0) is 43.4 Å². The van der Waals surface area contributed by atoms with Crippen molar-refractivity contribution in [2.45, 2.75) is 174 Å². The molecule has 2 aromatic heterocycles. The minimum atomic E-state index is -1.51. The minimum absolute atomic E-state index is 0.0371. The van der Waals surface area contributed by atoms with Crippen molar-refractivity contribution < 1.29 is 19.2 Å². The number of imide groups is 2. The summed E-state index contributed by atoms with van der Waals surface area (Å²) in [5.74, 6) is -2.86. The summed E-state index contributed by atoms with van der Waals surface area (Å²) in [4.78, 5) is 89.6. The molecule has 0 radical (unpaired) electrons. The van der Waals surface area contributed by atoms with Crippen LogP contribution in [0.3, 0.4) is 0 Å². The summed E-state index contributed by atoms with van der Waals surface area (Å²) in [5.41, 5.74) is -1.44. The Morgan fingerprint density at radius 3 is 1.00 bits per heavy atom. The molecule has 4 N–H and O–H groups in total. The van der Waals surface area contributed by atoms with Crippen molar-refractivity contribution in [1.29, 1.82) is 0 Å². The van der Waals surface area contributed by atoms with Crippen LogP contribution in [0, 0.1) is 0 Å². The topological polar surface area (TPSA) is 168 Å². The molecular weight excluding hydrogens is 1460 g/mol. The van der Waals surface area contributed by atoms with Gasteiger partial charge in [-0.25, -0.2) is 28.5 Å². The number of anilines is 4. The van der Waals surface area contributed by atoms with Crippen LogP contribution in [0.4, 0.5) is 34.4 Å². The number of aromatic amines is 2. The Kier molecular flexibility index (Phi) is 26.7. The highest BCUT2D eigenvalue weighted by molar-refractivity contribution is 6.57. The van der Waals surface area contributed by atoms with E-state index in [1.54, 1.807) is 66.7 Å². The summed E-state index contributed by atoms with van der Waals surface area (Å²) in [7, 11) is 0. The number of carbonyl (C=O) groups excluding carboxylic acids is 4. The SMILES string of the molecule is CCCCCCCCCCCC[N+]1(c2ccc(Cl)c(Nc3[nH]n(-c4c(Cl)c(Cl)c(Cl)c(Cl)c4Cl)c(=O)c3C(c3ccccc3)c3c(Nc4cc([N+]5(CCCCCCCCCCCC)C(=O)CCC5=O)ccc4Cl)[nH]n(-c4c(Cl)c(Cl)c(Cl)c(Cl)c4Cl)c3=O)c2)C(=O)CCC1=O. The predicted octanol–water partition coefficient (Wildman–Crippen LogP) is 23.3. The number of amides is 4. The Bertz CT molecular complexity index is 3800. The number of likely N-dealkylation sites (tertiary alicyclic amines) is 2. The maximum absolute atomic E-state index is 16.2. The normalized spacial score (nSPS) is 14.6. The molecule has 5 aromatic carbocycles. The number of nitrogens with one attached hydrogen (secondary N) is 4. The zero-order chi connectivity index (χ0) is 68.5. The van der Waals surface area contributed by atoms with Gasteiger partial charge in [0.2, 0.25) is 0 Å². The number of aromatic nitrogens is 4. The van der Waals surface area contributed by atoms with Gasteiger partial charge in [0, 0.05) is 24.3 Å². The average molecular weight is 1540 g/mol. The molecule has 2 aliphatic heterocycles. The van der Waals surface area contributed by atoms with Crippen LogP contribution in [0.5, 0.6) is 0 Å². The molecular formula is C69H74Cl12N8O6+2. The number of hydrogen-bond donors (Lipinski definition) is 4. The first-order chi connectivity index (χ1) is 45.6. The van der Waals surface area contributed by atoms with Gasteiger partial charge in [-0.1, -0.05) is 286 Å². The maximum Gasteiger partial charge on any atom is 0.326 e. The van der Waals surface area contributed by atoms with Gasteiger partial charge >= 0.3 is 23.6 Å². The van der Waals surface area contributed by atoms with Crippen molar-refractivity contribution in [1.82, 2.24) is 28.5 Å². The lowest BCUT2D eigenvalue weighted by Gasteiger charge is -2.29. The zero-order valence-corrected chi connectivity index (χ0v) is 61.7. The van der Waals surface area contributed by atoms with Crippen LogP contribution in [0.25, 0.3) is 11.4 Å². The van der Waals surface area contributed by atoms with E-state index in [1.807, 2.05) is 0 Å². The molecule has 0 unspecified atom stereocenters. The number of H-pyrrole nitrogens is 2. The highest BCUT2D eigenvalue weighted by atomic mass is 35.5. The van der Waals surface area contributed by atoms with Crippen LogP contribution in [-0.4, -0.2) is 56.3 Å². The standard InChI is InChI=1S/C69H72Cl12N8O6/c1-3-5-7-9-11-13-15-17-19-24-36-88(47(90)32-33-48(88)91)41-28-30-43(70)45(38-41)82-66-52(68(94)86(84-66)64-60(78)56(74)54(72)57(75)61(64)79)51(40-26-22-21-23-27-40)53-67(85-87(69(53)95)65-62(80)58(76)55(73)59(77)63(65)81)83-46-39-42(29-31-44(46)71)89(49(92)34-35-50(89)93)37-25-20-18-16-14-12-10-8-6-4-2/h21-23,26-31,38-39,51H,3-20,24-25,32-37H2,1-2H3,(H2-2,82,83,84,85,94,95)/p+2. The molecule has 0 bridgehead atoms. The van der Waals surface area contributed by atoms with Gasteiger partial charge in [-0.15, -0.1) is 0 Å². The fourth-order valence-electron chi connectivity index (χ4n) is 13.1. The van der Waals surface area contributed by atoms with Crippen LogP contribution >= 0.6 is 139 Å². The number of halogens is 12. The predicted molar refractivity (Wildman–Crippen MR) is 395 cm³/mol. The van der Waals surface area contributed by atoms with Crippen molar-refractivity contribution in [3.05, 3.63) is 164 Å². The Morgan fingerprint density at radius 1 is 0.389 bits per heavy atom. The monoisotopic (exact) mass is 1530 g/mol. The summed E-state index contributed by atoms with van der Waals surface area (Å²) in [6, 6.07) is 18.1. The number of carbonyl (C=O) groups is 4. The molecule has 7 aromatic rings. The van der Waals surface area contributed by atoms with Crippen LogP contribution in [-0.2, 0) is 19.2 Å². The largest absolute Gasteiger partial charge is 0.339 e. The molecule has 2 aliphatic rings. The number of hydrogen-bond acceptors (Lipinski definition) is 8. The third-order valence-corrected chi connectivity index (χ3v) is 23.4. The van der Waals surface area contributed by atoms with Gasteiger partial charge < -0.3 is 10.6 Å². The smallest absolute Gasteiger partial charge is 0.326 e. The molecule has 26 heteroatoms. The summed E-state index contributed by atoms with van der Waals surface area (Å²) >= 11 is 82.4. The first-order valence-electron chi connectivity index (χ1n) is 32.4. The lowest BCUT2D eigenvalue weighted by molar-refractivity contribution is -0.139. The average Bonchev–Trinajstić information content (AvgIpc) is 1.59. The van der Waals surface area contributed by atoms with Crippen molar-refractivity contribution >= 4 is 197 Å². The summed E-state index contributed by atoms with van der Waals surface area (Å²) < 4.78 is 0.841. The Morgan fingerprint density at radius 2 is 0.684 bits per heavy atom. The number of rotatable bonds is 33. The Hall–Kier alpha value is -4.20. The van der Waals surface area contributed by atoms with Crippen LogP contribution in [0.15, 0.2) is 76.3 Å². The third-order valence-electron chi connectivity index (χ3n) is 18.2. The van der Waals surface area contributed by atoms with Gasteiger partial charge in [0.05, 0.1) is 127 Å². The van der Waals surface area contributed by atoms with E-state index in [0.29, 0.717) is 29.8 Å². The van der Waals surface area contributed by atoms with Crippen molar-refractivity contribution in [2.24, 2.45) is 0 Å². The fourth-order valence-corrected chi connectivity index (χ4v) is 16.0. The van der Waals surface area contributed by atoms with E-state index < -0.39 is 26.0 Å². The van der Waals surface area contributed by atoms with E-state index in [2.05, 4.69) is 34.7 Å². The van der Waals surface area contributed by atoms with Crippen LogP contribution < -0.4 is 30.7 Å². The Labute approximate surface area is 613 Å². The first kappa shape index (κ1) is 75.0. The fraction of sp³-hybridized carbons (Fsp3) is 0.420. The first-order valence-corrected chi connectivity index (χ1v) is 36.9. The molecule has 0 spiro atoms. The number of nitrogens with zero attached hydrogens (tertiary/aromatic N) is 4. The molecule has 0 aliphatic carbocycles. The molecule has 4 heterocycles. The maximum atomic E-state index is 16.2. The molecule has 2 saturated heterocycles. The Balaban J connectivity index is 1.22. The molecule has 508 valence electrons. The van der Waals surface area contributed by atoms with Crippen LogP contribution in [0.2, 0.25) is 60.3 Å². The molecule has 4 amide bonds. The molecule has 2 fully saturated rings. The second kappa shape index (κ2) is 33.8. The molecule has 9 rings (SSSR count). The van der Waals surface area contributed by atoms with E-state index in [1.165, 1.54) is 51.4 Å². The highest BCUT2D eigenvalue weighted by Crippen LogP contribution is 2.50. The van der Waals surface area contributed by atoms with Crippen molar-refractivity contribution in [3.8, 4) is 11.4 Å².